The molecule has 0 aliphatic rings. The number of ether oxygens (including phenoxy) is 1. The van der Waals surface area contributed by atoms with E-state index in [4.69, 9.17) is 9.15 Å². The molecule has 6 nitrogen and oxygen atoms in total. The Labute approximate surface area is 130 Å². The van der Waals surface area contributed by atoms with Crippen molar-refractivity contribution in [1.29, 1.82) is 0 Å². The van der Waals surface area contributed by atoms with Gasteiger partial charge in [-0.3, -0.25) is 4.40 Å². The van der Waals surface area contributed by atoms with Crippen molar-refractivity contribution >= 4 is 22.4 Å². The van der Waals surface area contributed by atoms with E-state index in [9.17, 15) is 4.39 Å². The second-order valence-corrected chi connectivity index (χ2v) is 5.01. The number of anilines is 1. The fraction of sp³-hybridized carbons (Fsp3) is 0.125. The predicted octanol–water partition coefficient (Wildman–Crippen LogP) is 3.33. The molecule has 0 aliphatic heterocycles. The van der Waals surface area contributed by atoms with Crippen molar-refractivity contribution in [2.45, 2.75) is 0 Å². The number of benzene rings is 1. The fourth-order valence-corrected chi connectivity index (χ4v) is 2.60. The quantitative estimate of drug-likeness (QED) is 0.588. The smallest absolute Gasteiger partial charge is 0.217 e. The lowest BCUT2D eigenvalue weighted by molar-refractivity contribution is 0.415. The second kappa shape index (κ2) is 4.98. The minimum absolute atomic E-state index is 0.454. The molecule has 7 heteroatoms. The average Bonchev–Trinajstić information content (AvgIpc) is 3.13. The first kappa shape index (κ1) is 13.6. The highest BCUT2D eigenvalue weighted by molar-refractivity contribution is 5.86. The summed E-state index contributed by atoms with van der Waals surface area (Å²) in [6, 6.07) is 8.71. The van der Waals surface area contributed by atoms with E-state index in [1.54, 1.807) is 18.6 Å². The number of rotatable bonds is 3. The lowest BCUT2D eigenvalue weighted by Crippen LogP contribution is -1.97. The molecule has 0 amide bonds. The number of imidazole rings is 1. The molecule has 23 heavy (non-hydrogen) atoms. The van der Waals surface area contributed by atoms with E-state index in [1.807, 2.05) is 24.3 Å². The van der Waals surface area contributed by atoms with E-state index in [2.05, 4.69) is 15.3 Å². The van der Waals surface area contributed by atoms with E-state index in [0.29, 0.717) is 22.9 Å². The Morgan fingerprint density at radius 1 is 1.26 bits per heavy atom. The SMILES string of the molecule is CNc1c(-c2cc3cc(OC)ccc3o2)nc2cc(F)ncn12. The molecule has 0 atom stereocenters. The summed E-state index contributed by atoms with van der Waals surface area (Å²) in [5.74, 6) is 1.44. The Balaban J connectivity index is 1.94. The number of furan rings is 1. The van der Waals surface area contributed by atoms with Crippen LogP contribution in [0.25, 0.3) is 28.1 Å². The van der Waals surface area contributed by atoms with E-state index in [-0.39, 0.29) is 0 Å². The first-order valence-corrected chi connectivity index (χ1v) is 6.99. The number of hydrogen-bond acceptors (Lipinski definition) is 5. The largest absolute Gasteiger partial charge is 0.497 e. The summed E-state index contributed by atoms with van der Waals surface area (Å²) >= 11 is 0. The van der Waals surface area contributed by atoms with Crippen LogP contribution < -0.4 is 10.1 Å². The third-order valence-electron chi connectivity index (χ3n) is 3.68. The van der Waals surface area contributed by atoms with Gasteiger partial charge >= 0.3 is 0 Å². The van der Waals surface area contributed by atoms with Gasteiger partial charge in [0.15, 0.2) is 5.76 Å². The third kappa shape index (κ3) is 2.09. The van der Waals surface area contributed by atoms with Crippen molar-refractivity contribution in [1.82, 2.24) is 14.4 Å². The average molecular weight is 312 g/mol. The van der Waals surface area contributed by atoms with Crippen molar-refractivity contribution in [3.05, 3.63) is 42.6 Å². The van der Waals surface area contributed by atoms with Gasteiger partial charge in [-0.05, 0) is 24.3 Å². The van der Waals surface area contributed by atoms with Crippen LogP contribution in [0.3, 0.4) is 0 Å². The Kier molecular flexibility index (Phi) is 2.94. The molecule has 0 spiro atoms. The molecule has 0 saturated carbocycles. The fourth-order valence-electron chi connectivity index (χ4n) is 2.60. The summed E-state index contributed by atoms with van der Waals surface area (Å²) in [5.41, 5.74) is 1.77. The molecule has 3 aromatic heterocycles. The number of hydrogen-bond donors (Lipinski definition) is 1. The molecule has 0 radical (unpaired) electrons. The zero-order valence-corrected chi connectivity index (χ0v) is 12.5. The Bertz CT molecular complexity index is 1020. The van der Waals surface area contributed by atoms with Gasteiger partial charge in [-0.1, -0.05) is 0 Å². The van der Waals surface area contributed by atoms with Gasteiger partial charge in [-0.25, -0.2) is 9.97 Å². The van der Waals surface area contributed by atoms with Crippen LogP contribution in [-0.4, -0.2) is 28.5 Å². The summed E-state index contributed by atoms with van der Waals surface area (Å²) in [5, 5.41) is 3.96. The zero-order chi connectivity index (χ0) is 16.0. The van der Waals surface area contributed by atoms with Gasteiger partial charge in [-0.2, -0.15) is 4.39 Å². The van der Waals surface area contributed by atoms with Crippen LogP contribution in [0.15, 0.2) is 41.1 Å². The molecule has 1 N–H and O–H groups in total. The minimum atomic E-state index is -0.578. The van der Waals surface area contributed by atoms with Crippen LogP contribution in [0.2, 0.25) is 0 Å². The van der Waals surface area contributed by atoms with Gasteiger partial charge in [0.1, 0.15) is 34.8 Å². The van der Waals surface area contributed by atoms with Gasteiger partial charge < -0.3 is 14.5 Å². The lowest BCUT2D eigenvalue weighted by Gasteiger charge is -2.01. The van der Waals surface area contributed by atoms with E-state index >= 15 is 0 Å². The number of halogens is 1. The van der Waals surface area contributed by atoms with Crippen molar-refractivity contribution in [3.8, 4) is 17.2 Å². The molecule has 0 aliphatic carbocycles. The number of methoxy groups -OCH3 is 1. The molecule has 1 aromatic carbocycles. The summed E-state index contributed by atoms with van der Waals surface area (Å²) in [7, 11) is 3.38. The van der Waals surface area contributed by atoms with Crippen LogP contribution in [0, 0.1) is 5.95 Å². The normalized spacial score (nSPS) is 11.3. The molecule has 0 unspecified atom stereocenters. The molecule has 0 bridgehead atoms. The number of nitrogens with zero attached hydrogens (tertiary/aromatic N) is 3. The molecule has 116 valence electrons. The maximum atomic E-state index is 13.3. The van der Waals surface area contributed by atoms with Crippen LogP contribution in [-0.2, 0) is 0 Å². The maximum Gasteiger partial charge on any atom is 0.217 e. The molecule has 0 fully saturated rings. The van der Waals surface area contributed by atoms with Gasteiger partial charge in [0.05, 0.1) is 7.11 Å². The highest BCUT2D eigenvalue weighted by Gasteiger charge is 2.17. The maximum absolute atomic E-state index is 13.3. The van der Waals surface area contributed by atoms with Gasteiger partial charge in [0, 0.05) is 18.5 Å². The monoisotopic (exact) mass is 312 g/mol. The summed E-state index contributed by atoms with van der Waals surface area (Å²) < 4.78 is 26.1. The third-order valence-corrected chi connectivity index (χ3v) is 3.68. The second-order valence-electron chi connectivity index (χ2n) is 5.01. The van der Waals surface area contributed by atoms with Crippen LogP contribution >= 0.6 is 0 Å². The summed E-state index contributed by atoms with van der Waals surface area (Å²) in [6.07, 6.45) is 1.39. The van der Waals surface area contributed by atoms with Crippen molar-refractivity contribution in [3.63, 3.8) is 0 Å². The molecule has 4 rings (SSSR count). The first-order valence-electron chi connectivity index (χ1n) is 6.99. The summed E-state index contributed by atoms with van der Waals surface area (Å²) in [4.78, 5) is 8.11. The van der Waals surface area contributed by atoms with E-state index < -0.39 is 5.95 Å². The molecule has 0 saturated heterocycles. The van der Waals surface area contributed by atoms with Crippen LogP contribution in [0.4, 0.5) is 10.2 Å². The standard InChI is InChI=1S/C16H13FN4O2/c1-18-16-15(20-14-7-13(17)19-8-21(14)16)12-6-9-5-10(22-2)3-4-11(9)23-12/h3-8,18H,1-2H3. The van der Waals surface area contributed by atoms with Crippen molar-refractivity contribution in [2.24, 2.45) is 0 Å². The van der Waals surface area contributed by atoms with E-state index in [1.165, 1.54) is 12.4 Å². The molecular formula is C16H13FN4O2. The number of fused-ring (bicyclic) bond motifs is 2. The van der Waals surface area contributed by atoms with Gasteiger partial charge in [0.25, 0.3) is 0 Å². The highest BCUT2D eigenvalue weighted by Crippen LogP contribution is 2.34. The van der Waals surface area contributed by atoms with Crippen molar-refractivity contribution < 1.29 is 13.5 Å². The number of aromatic nitrogens is 3. The number of nitrogens with one attached hydrogen (secondary N) is 1. The lowest BCUT2D eigenvalue weighted by atomic mass is 10.2. The Morgan fingerprint density at radius 3 is 2.91 bits per heavy atom. The Morgan fingerprint density at radius 2 is 2.13 bits per heavy atom. The topological polar surface area (TPSA) is 64.6 Å². The summed E-state index contributed by atoms with van der Waals surface area (Å²) in [6.45, 7) is 0. The Hall–Kier alpha value is -3.09. The zero-order valence-electron chi connectivity index (χ0n) is 12.5. The van der Waals surface area contributed by atoms with Gasteiger partial charge in [0.2, 0.25) is 5.95 Å². The van der Waals surface area contributed by atoms with E-state index in [0.717, 1.165) is 16.7 Å². The van der Waals surface area contributed by atoms with Gasteiger partial charge in [-0.15, -0.1) is 0 Å². The minimum Gasteiger partial charge on any atom is -0.497 e. The first-order chi connectivity index (χ1) is 11.2. The molecule has 4 aromatic rings. The predicted molar refractivity (Wildman–Crippen MR) is 84.3 cm³/mol. The molecule has 3 heterocycles. The molecular weight excluding hydrogens is 299 g/mol. The van der Waals surface area contributed by atoms with Crippen molar-refractivity contribution in [2.75, 3.05) is 19.5 Å². The van der Waals surface area contributed by atoms with Crippen LogP contribution in [0.5, 0.6) is 5.75 Å². The highest BCUT2D eigenvalue weighted by atomic mass is 19.1. The van der Waals surface area contributed by atoms with Crippen LogP contribution in [0.1, 0.15) is 0 Å².